The van der Waals surface area contributed by atoms with E-state index in [1.165, 1.54) is 24.3 Å². The van der Waals surface area contributed by atoms with E-state index in [0.29, 0.717) is 5.56 Å². The van der Waals surface area contributed by atoms with Gasteiger partial charge in [0.05, 0.1) is 11.1 Å². The summed E-state index contributed by atoms with van der Waals surface area (Å²) >= 11 is 0. The van der Waals surface area contributed by atoms with Gasteiger partial charge in [-0.15, -0.1) is 0 Å². The molecule has 5 rings (SSSR count). The van der Waals surface area contributed by atoms with Crippen LogP contribution in [0.1, 0.15) is 32.1 Å². The van der Waals surface area contributed by atoms with Crippen LogP contribution in [0.15, 0.2) is 83.4 Å². The van der Waals surface area contributed by atoms with Crippen molar-refractivity contribution in [3.63, 3.8) is 0 Å². The first kappa shape index (κ1) is 22.1. The fraction of sp³-hybridized carbons (Fsp3) is 0.115. The van der Waals surface area contributed by atoms with Gasteiger partial charge in [-0.05, 0) is 42.0 Å². The summed E-state index contributed by atoms with van der Waals surface area (Å²) in [5.74, 6) is -2.07. The Hall–Kier alpha value is -4.66. The number of rotatable bonds is 7. The van der Waals surface area contributed by atoms with Crippen molar-refractivity contribution >= 4 is 17.8 Å². The normalized spacial score (nSPS) is 13.6. The number of halogens is 1. The largest absolute Gasteiger partial charge is 0.456 e. The average molecular weight is 471 g/mol. The van der Waals surface area contributed by atoms with Crippen LogP contribution >= 0.6 is 0 Å². The predicted octanol–water partition coefficient (Wildman–Crippen LogP) is 3.83. The number of esters is 1. The Bertz CT molecular complexity index is 1370. The summed E-state index contributed by atoms with van der Waals surface area (Å²) in [6, 6.07) is 19.7. The summed E-state index contributed by atoms with van der Waals surface area (Å²) < 4.78 is 23.7. The average Bonchev–Trinajstić information content (AvgIpc) is 3.45. The molecule has 0 unspecified atom stereocenters. The van der Waals surface area contributed by atoms with E-state index >= 15 is 0 Å². The van der Waals surface area contributed by atoms with Gasteiger partial charge in [-0.25, -0.2) is 9.18 Å². The lowest BCUT2D eigenvalue weighted by Crippen LogP contribution is -2.47. The summed E-state index contributed by atoms with van der Waals surface area (Å²) in [5, 5.41) is 3.79. The van der Waals surface area contributed by atoms with Crippen molar-refractivity contribution in [3.05, 3.63) is 107 Å². The smallest absolute Gasteiger partial charge is 0.330 e. The van der Waals surface area contributed by atoms with Gasteiger partial charge in [-0.2, -0.15) is 4.98 Å². The van der Waals surface area contributed by atoms with E-state index in [1.54, 1.807) is 48.5 Å². The highest BCUT2D eigenvalue weighted by molar-refractivity contribution is 6.22. The van der Waals surface area contributed by atoms with E-state index in [9.17, 15) is 18.8 Å². The van der Waals surface area contributed by atoms with Crippen LogP contribution in [0.2, 0.25) is 0 Å². The highest BCUT2D eigenvalue weighted by Gasteiger charge is 2.43. The highest BCUT2D eigenvalue weighted by atomic mass is 19.1. The van der Waals surface area contributed by atoms with Gasteiger partial charge < -0.3 is 9.26 Å². The second-order valence-corrected chi connectivity index (χ2v) is 7.86. The van der Waals surface area contributed by atoms with Crippen molar-refractivity contribution in [2.24, 2.45) is 0 Å². The molecule has 0 radical (unpaired) electrons. The molecule has 0 fully saturated rings. The minimum atomic E-state index is -1.19. The number of carbonyl (C=O) groups excluding carboxylic acids is 3. The van der Waals surface area contributed by atoms with Crippen molar-refractivity contribution in [1.82, 2.24) is 15.0 Å². The highest BCUT2D eigenvalue weighted by Crippen LogP contribution is 2.27. The molecule has 174 valence electrons. The first-order valence-electron chi connectivity index (χ1n) is 10.8. The molecule has 0 saturated carbocycles. The molecule has 8 nitrogen and oxygen atoms in total. The van der Waals surface area contributed by atoms with Gasteiger partial charge >= 0.3 is 5.97 Å². The number of hydrogen-bond acceptors (Lipinski definition) is 7. The summed E-state index contributed by atoms with van der Waals surface area (Å²) in [6.07, 6.45) is 0.0816. The van der Waals surface area contributed by atoms with Crippen LogP contribution in [0.4, 0.5) is 4.39 Å². The van der Waals surface area contributed by atoms with Crippen molar-refractivity contribution in [2.45, 2.75) is 19.1 Å². The Kier molecular flexibility index (Phi) is 5.88. The third-order valence-electron chi connectivity index (χ3n) is 5.58. The number of ether oxygens (including phenoxy) is 1. The minimum Gasteiger partial charge on any atom is -0.456 e. The number of hydrogen-bond donors (Lipinski definition) is 0. The molecule has 1 aliphatic heterocycles. The van der Waals surface area contributed by atoms with Crippen LogP contribution in [0.3, 0.4) is 0 Å². The lowest BCUT2D eigenvalue weighted by Gasteiger charge is -2.24. The molecule has 0 bridgehead atoms. The third-order valence-corrected chi connectivity index (χ3v) is 5.58. The number of benzene rings is 3. The SMILES string of the molecule is O=C(OCc1noc(-c2ccc(F)cc2)n1)[C@H](Cc1ccccc1)N1C(=O)c2ccccc2C1=O. The van der Waals surface area contributed by atoms with Crippen LogP contribution < -0.4 is 0 Å². The van der Waals surface area contributed by atoms with Crippen LogP contribution in [0, 0.1) is 5.82 Å². The van der Waals surface area contributed by atoms with E-state index in [-0.39, 0.29) is 35.9 Å². The third kappa shape index (κ3) is 4.43. The second kappa shape index (κ2) is 9.30. The lowest BCUT2D eigenvalue weighted by atomic mass is 10.0. The summed E-state index contributed by atoms with van der Waals surface area (Å²) in [7, 11) is 0. The monoisotopic (exact) mass is 471 g/mol. The Morgan fingerprint density at radius 3 is 2.20 bits per heavy atom. The van der Waals surface area contributed by atoms with Gasteiger partial charge in [0.15, 0.2) is 6.61 Å². The molecule has 0 saturated heterocycles. The first-order chi connectivity index (χ1) is 17.0. The number of nitrogens with zero attached hydrogens (tertiary/aromatic N) is 3. The molecule has 0 aliphatic carbocycles. The molecule has 9 heteroatoms. The van der Waals surface area contributed by atoms with Crippen LogP contribution in [-0.4, -0.2) is 38.9 Å². The van der Waals surface area contributed by atoms with E-state index in [4.69, 9.17) is 9.26 Å². The quantitative estimate of drug-likeness (QED) is 0.298. The molecule has 1 aliphatic rings. The first-order valence-corrected chi connectivity index (χ1v) is 10.8. The molecule has 1 atom stereocenters. The number of imide groups is 1. The van der Waals surface area contributed by atoms with E-state index < -0.39 is 29.6 Å². The molecule has 2 heterocycles. The van der Waals surface area contributed by atoms with E-state index in [0.717, 1.165) is 10.5 Å². The van der Waals surface area contributed by atoms with Crippen molar-refractivity contribution in [3.8, 4) is 11.5 Å². The predicted molar refractivity (Wildman–Crippen MR) is 120 cm³/mol. The fourth-order valence-electron chi connectivity index (χ4n) is 3.86. The number of fused-ring (bicyclic) bond motifs is 1. The molecular weight excluding hydrogens is 453 g/mol. The number of aromatic nitrogens is 2. The van der Waals surface area contributed by atoms with Gasteiger partial charge in [0.2, 0.25) is 5.82 Å². The molecule has 4 aromatic rings. The van der Waals surface area contributed by atoms with Crippen LogP contribution in [0.5, 0.6) is 0 Å². The Balaban J connectivity index is 1.36. The van der Waals surface area contributed by atoms with Crippen LogP contribution in [0.25, 0.3) is 11.5 Å². The maximum absolute atomic E-state index is 13.2. The van der Waals surface area contributed by atoms with Crippen molar-refractivity contribution in [2.75, 3.05) is 0 Å². The summed E-state index contributed by atoms with van der Waals surface area (Å²) in [5.41, 5.74) is 1.74. The lowest BCUT2D eigenvalue weighted by molar-refractivity contribution is -0.150. The maximum Gasteiger partial charge on any atom is 0.330 e. The minimum absolute atomic E-state index is 0.0816. The van der Waals surface area contributed by atoms with E-state index in [1.807, 2.05) is 6.07 Å². The number of carbonyl (C=O) groups is 3. The molecule has 2 amide bonds. The van der Waals surface area contributed by atoms with Gasteiger partial charge in [0.1, 0.15) is 11.9 Å². The number of amides is 2. The Labute approximate surface area is 198 Å². The molecule has 0 N–H and O–H groups in total. The zero-order valence-electron chi connectivity index (χ0n) is 18.3. The zero-order chi connectivity index (χ0) is 24.4. The van der Waals surface area contributed by atoms with Gasteiger partial charge in [0.25, 0.3) is 17.7 Å². The van der Waals surface area contributed by atoms with Crippen molar-refractivity contribution < 1.29 is 28.0 Å². The molecule has 3 aromatic carbocycles. The summed E-state index contributed by atoms with van der Waals surface area (Å²) in [4.78, 5) is 44.3. The van der Waals surface area contributed by atoms with Crippen molar-refractivity contribution in [1.29, 1.82) is 0 Å². The van der Waals surface area contributed by atoms with Crippen LogP contribution in [-0.2, 0) is 22.6 Å². The Morgan fingerprint density at radius 2 is 1.54 bits per heavy atom. The van der Waals surface area contributed by atoms with Gasteiger partial charge in [-0.1, -0.05) is 47.6 Å². The Morgan fingerprint density at radius 1 is 0.914 bits per heavy atom. The fourth-order valence-corrected chi connectivity index (χ4v) is 3.86. The topological polar surface area (TPSA) is 103 Å². The second-order valence-electron chi connectivity index (χ2n) is 7.86. The zero-order valence-corrected chi connectivity index (χ0v) is 18.3. The standard InChI is InChI=1S/C26H18FN3O5/c27-18-12-10-17(11-13-18)23-28-22(29-35-23)15-34-26(33)21(14-16-6-2-1-3-7-16)30-24(31)19-8-4-5-9-20(19)25(30)32/h1-13,21H,14-15H2/t21-/m0/s1. The molecule has 35 heavy (non-hydrogen) atoms. The molecule has 0 spiro atoms. The van der Waals surface area contributed by atoms with Gasteiger partial charge in [-0.3, -0.25) is 14.5 Å². The van der Waals surface area contributed by atoms with E-state index in [2.05, 4.69) is 10.1 Å². The summed E-state index contributed by atoms with van der Waals surface area (Å²) in [6.45, 7) is -0.335. The molecular formula is C26H18FN3O5. The molecule has 1 aromatic heterocycles. The van der Waals surface area contributed by atoms with Gasteiger partial charge in [0, 0.05) is 12.0 Å². The maximum atomic E-state index is 13.2.